The molecule has 3 aromatic carbocycles. The Hall–Kier alpha value is -8.84. The maximum atomic E-state index is 14.5. The van der Waals surface area contributed by atoms with E-state index < -0.39 is 105 Å². The summed E-state index contributed by atoms with van der Waals surface area (Å²) >= 11 is 0. The van der Waals surface area contributed by atoms with Crippen molar-refractivity contribution in [1.82, 2.24) is 36.9 Å². The third kappa shape index (κ3) is 16.1. The molecule has 4 aromatic rings. The number of nitro groups is 2. The zero-order valence-electron chi connectivity index (χ0n) is 41.7. The van der Waals surface area contributed by atoms with Crippen LogP contribution in [0.5, 0.6) is 5.75 Å². The molecule has 0 radical (unpaired) electrons. The Labute approximate surface area is 430 Å². The van der Waals surface area contributed by atoms with Crippen LogP contribution < -0.4 is 48.3 Å². The van der Waals surface area contributed by atoms with Gasteiger partial charge in [-0.15, -0.1) is 0 Å². The second-order valence-corrected chi connectivity index (χ2v) is 18.6. The molecule has 0 saturated carbocycles. The van der Waals surface area contributed by atoms with Crippen molar-refractivity contribution >= 4 is 75.3 Å². The van der Waals surface area contributed by atoms with Gasteiger partial charge in [0.25, 0.3) is 11.4 Å². The number of para-hydroxylation sites is 1. The highest BCUT2D eigenvalue weighted by molar-refractivity contribution is 5.98. The number of carboxylic acids is 1. The normalized spacial score (nSPS) is 15.5. The van der Waals surface area contributed by atoms with E-state index in [9.17, 15) is 64.0 Å². The van der Waals surface area contributed by atoms with E-state index in [2.05, 4.69) is 41.9 Å². The van der Waals surface area contributed by atoms with E-state index >= 15 is 0 Å². The predicted octanol–water partition coefficient (Wildman–Crippen LogP) is 1.28. The molecule has 0 bridgehead atoms. The third-order valence-electron chi connectivity index (χ3n) is 12.4. The summed E-state index contributed by atoms with van der Waals surface area (Å²) in [6, 6.07) is 7.04. The first-order valence-corrected chi connectivity index (χ1v) is 24.2. The van der Waals surface area contributed by atoms with Gasteiger partial charge in [-0.25, -0.2) is 4.79 Å². The van der Waals surface area contributed by atoms with Crippen molar-refractivity contribution in [2.45, 2.75) is 115 Å². The number of nitrogens with one attached hydrogen (secondary N) is 7. The second kappa shape index (κ2) is 26.2. The number of phenolic OH excluding ortho intramolecular Hbond substituents is 1. The van der Waals surface area contributed by atoms with Crippen LogP contribution in [-0.4, -0.2) is 128 Å². The second-order valence-electron chi connectivity index (χ2n) is 18.6. The number of nitrogens with two attached hydrogens (primary N) is 2. The molecule has 1 fully saturated rings. The summed E-state index contributed by atoms with van der Waals surface area (Å²) in [5.41, 5.74) is 11.4. The molecule has 7 atom stereocenters. The first kappa shape index (κ1) is 57.1. The first-order valence-electron chi connectivity index (χ1n) is 24.2. The number of aromatic hydroxyl groups is 1. The van der Waals surface area contributed by atoms with Gasteiger partial charge in [-0.3, -0.25) is 54.0 Å². The molecule has 1 aromatic heterocycles. The average molecular weight is 1040 g/mol. The van der Waals surface area contributed by atoms with Gasteiger partial charge >= 0.3 is 5.97 Å². The maximum Gasteiger partial charge on any atom is 0.326 e. The highest BCUT2D eigenvalue weighted by Gasteiger charge is 2.38. The van der Waals surface area contributed by atoms with Gasteiger partial charge in [-0.05, 0) is 87.3 Å². The van der Waals surface area contributed by atoms with Gasteiger partial charge in [-0.2, -0.15) is 0 Å². The van der Waals surface area contributed by atoms with Crippen LogP contribution in [0.3, 0.4) is 0 Å². The highest BCUT2D eigenvalue weighted by Crippen LogP contribution is 2.36. The number of phenols is 1. The van der Waals surface area contributed by atoms with Gasteiger partial charge in [0.05, 0.1) is 15.9 Å². The fourth-order valence-corrected chi connectivity index (χ4v) is 8.51. The minimum Gasteiger partial charge on any atom is -0.508 e. The zero-order valence-corrected chi connectivity index (χ0v) is 41.7. The van der Waals surface area contributed by atoms with Crippen molar-refractivity contribution < 1.29 is 53.6 Å². The van der Waals surface area contributed by atoms with Crippen LogP contribution in [0.2, 0.25) is 0 Å². The Balaban J connectivity index is 1.34. The monoisotopic (exact) mass is 1040 g/mol. The fourth-order valence-electron chi connectivity index (χ4n) is 8.51. The third-order valence-corrected chi connectivity index (χ3v) is 12.4. The number of aromatic amines is 1. The summed E-state index contributed by atoms with van der Waals surface area (Å²) < 4.78 is 0. The number of aliphatic carboxylic acids is 1. The molecule has 6 amide bonds. The number of aromatic nitrogens is 1. The molecule has 1 saturated heterocycles. The molecular formula is C49H63N13O13. The van der Waals surface area contributed by atoms with Crippen molar-refractivity contribution in [3.63, 3.8) is 0 Å². The van der Waals surface area contributed by atoms with E-state index in [0.717, 1.165) is 23.0 Å². The topological polar surface area (TPSA) is 402 Å². The highest BCUT2D eigenvalue weighted by atomic mass is 16.6. The maximum absolute atomic E-state index is 14.5. The van der Waals surface area contributed by atoms with Crippen LogP contribution in [0.4, 0.5) is 17.1 Å². The number of non-ortho nitro benzene ring substituents is 1. The Bertz CT molecular complexity index is 2780. The number of guanidine groups is 1. The van der Waals surface area contributed by atoms with E-state index in [-0.39, 0.29) is 74.9 Å². The lowest BCUT2D eigenvalue weighted by Gasteiger charge is -2.29. The number of carbonyl (C=O) groups is 7. The van der Waals surface area contributed by atoms with Gasteiger partial charge in [0.1, 0.15) is 53.7 Å². The summed E-state index contributed by atoms with van der Waals surface area (Å²) in [5.74, 6) is -6.56. The van der Waals surface area contributed by atoms with Crippen molar-refractivity contribution in [3.8, 4) is 5.75 Å². The number of amides is 6. The Morgan fingerprint density at radius 1 is 0.760 bits per heavy atom. The molecule has 1 aliphatic heterocycles. The van der Waals surface area contributed by atoms with Crippen LogP contribution in [0.1, 0.15) is 70.9 Å². The largest absolute Gasteiger partial charge is 0.508 e. The molecule has 26 heteroatoms. The number of hydrogen-bond acceptors (Lipinski definition) is 14. The van der Waals surface area contributed by atoms with Crippen molar-refractivity contribution in [2.75, 3.05) is 18.0 Å². The summed E-state index contributed by atoms with van der Waals surface area (Å²) in [6.45, 7) is 6.59. The molecule has 402 valence electrons. The molecule has 5 rings (SSSR count). The average Bonchev–Trinajstić information content (AvgIpc) is 4.02. The summed E-state index contributed by atoms with van der Waals surface area (Å²) in [4.78, 5) is 126. The molecular weight excluding hydrogens is 979 g/mol. The molecule has 0 unspecified atom stereocenters. The van der Waals surface area contributed by atoms with Gasteiger partial charge in [0.15, 0.2) is 5.96 Å². The molecule has 0 aliphatic carbocycles. The van der Waals surface area contributed by atoms with Crippen LogP contribution in [-0.2, 0) is 46.4 Å². The number of H-pyrrole nitrogens is 1. The number of carboxylic acid groups (broad SMARTS) is 1. The number of carbonyl (C=O) groups excluding carboxylic acids is 6. The lowest BCUT2D eigenvalue weighted by molar-refractivity contribution is -0.393. The van der Waals surface area contributed by atoms with Crippen LogP contribution in [0.25, 0.3) is 10.9 Å². The molecule has 13 N–H and O–H groups in total. The van der Waals surface area contributed by atoms with Crippen LogP contribution >= 0.6 is 0 Å². The Morgan fingerprint density at radius 2 is 1.36 bits per heavy atom. The van der Waals surface area contributed by atoms with Crippen LogP contribution in [0, 0.1) is 26.1 Å². The number of nitro benzene ring substituents is 2. The summed E-state index contributed by atoms with van der Waals surface area (Å²) in [6.07, 6.45) is 2.30. The summed E-state index contributed by atoms with van der Waals surface area (Å²) in [7, 11) is 0. The number of benzene rings is 3. The van der Waals surface area contributed by atoms with Crippen LogP contribution in [0.15, 0.2) is 77.9 Å². The van der Waals surface area contributed by atoms with Crippen molar-refractivity contribution in [3.05, 3.63) is 104 Å². The van der Waals surface area contributed by atoms with Gasteiger partial charge in [0, 0.05) is 49.1 Å². The number of fused-ring (bicyclic) bond motifs is 1. The standard InChI is InChI=1S/C49H63N13O13/c1-26(2)21-36(59-47(69)40-12-8-20-60(40)39-18-15-31(61(72)73)24-41(39)62(74)75)44(66)54-28(4)43(65)57-37(22-29-13-16-32(63)17-14-29)46(68)58-38(23-30-25-53-34-10-6-5-9-33(30)34)45(67)55-27(3)42(64)56-35(48(70)71)11-7-19-52-49(50)51/h5-6,9-10,13-18,24-28,35-38,40,53,63H,7-8,11-12,19-23H2,1-4H3,(H,54,66)(H,55,67)(H,56,64)(H,57,65)(H,58,68)(H,59,69)(H,70,71)(H4,50,51,52)/t27-,28-,35-,36-,37-,38-,40-/m0/s1. The summed E-state index contributed by atoms with van der Waals surface area (Å²) in [5, 5.41) is 59.5. The number of nitrogens with zero attached hydrogens (tertiary/aromatic N) is 4. The molecule has 0 spiro atoms. The minimum atomic E-state index is -1.43. The molecule has 75 heavy (non-hydrogen) atoms. The molecule has 26 nitrogen and oxygen atoms in total. The van der Waals surface area contributed by atoms with E-state index in [1.165, 1.54) is 49.1 Å². The number of rotatable bonds is 26. The number of hydrogen-bond donors (Lipinski definition) is 11. The lowest BCUT2D eigenvalue weighted by Crippen LogP contribution is -2.60. The number of aliphatic imine (C=N–C) groups is 1. The zero-order chi connectivity index (χ0) is 55.1. The van der Waals surface area contributed by atoms with Gasteiger partial charge in [-0.1, -0.05) is 44.2 Å². The van der Waals surface area contributed by atoms with E-state index in [4.69, 9.17) is 11.5 Å². The number of anilines is 1. The molecule has 1 aliphatic rings. The lowest BCUT2D eigenvalue weighted by atomic mass is 10.0. The van der Waals surface area contributed by atoms with Crippen molar-refractivity contribution in [2.24, 2.45) is 22.4 Å². The molecule has 2 heterocycles. The van der Waals surface area contributed by atoms with Gasteiger partial charge < -0.3 is 63.5 Å². The van der Waals surface area contributed by atoms with E-state index in [1.807, 2.05) is 0 Å². The van der Waals surface area contributed by atoms with Crippen molar-refractivity contribution in [1.29, 1.82) is 0 Å². The quantitative estimate of drug-likeness (QED) is 0.0139. The first-order chi connectivity index (χ1) is 35.5. The predicted molar refractivity (Wildman–Crippen MR) is 274 cm³/mol. The smallest absolute Gasteiger partial charge is 0.326 e. The Morgan fingerprint density at radius 3 is 1.97 bits per heavy atom. The van der Waals surface area contributed by atoms with E-state index in [1.54, 1.807) is 44.3 Å². The minimum absolute atomic E-state index is 0.00799. The SMILES string of the molecule is CC(C)C[C@H](NC(=O)[C@@H]1CCCN1c1ccc([N+](=O)[O-])cc1[N+](=O)[O-])C(=O)N[C@@H](C)C(=O)N[C@@H](Cc1ccc(O)cc1)C(=O)N[C@@H](Cc1c[nH]c2ccccc12)C(=O)N[C@@H](C)C(=O)N[C@@H](CCCN=C(N)N)C(=O)O. The Kier molecular flexibility index (Phi) is 19.9. The van der Waals surface area contributed by atoms with Gasteiger partial charge in [0.2, 0.25) is 35.4 Å². The fraction of sp³-hybridized carbons (Fsp3) is 0.429. The van der Waals surface area contributed by atoms with E-state index in [0.29, 0.717) is 17.5 Å².